The number of hydrogen-bond acceptors (Lipinski definition) is 3. The van der Waals surface area contributed by atoms with E-state index in [0.717, 1.165) is 29.0 Å². The number of hydrogen-bond donors (Lipinski definition) is 1. The zero-order valence-corrected chi connectivity index (χ0v) is 18.7. The Morgan fingerprint density at radius 2 is 1.63 bits per heavy atom. The molecule has 0 spiro atoms. The summed E-state index contributed by atoms with van der Waals surface area (Å²) in [5.41, 5.74) is 11.7. The number of ether oxygens (including phenoxy) is 1. The van der Waals surface area contributed by atoms with Crippen molar-refractivity contribution < 1.29 is 9.72 Å². The maximum absolute atomic E-state index is 6.17. The molecule has 4 aromatic rings. The lowest BCUT2D eigenvalue weighted by molar-refractivity contribution is -0.368. The molecule has 3 N–H and O–H groups in total. The van der Waals surface area contributed by atoms with Gasteiger partial charge in [0.25, 0.3) is 0 Å². The van der Waals surface area contributed by atoms with Gasteiger partial charge in [-0.15, -0.1) is 0 Å². The van der Waals surface area contributed by atoms with Gasteiger partial charge >= 0.3 is 5.13 Å². The van der Waals surface area contributed by atoms with Gasteiger partial charge < -0.3 is 4.74 Å². The SMILES string of the molecule is COc1ccc([C@H](Cc2ccc(-c3ccc(Cl)c(Cl)c3)cc2)c2csc(N)[nH+]2)cc1. The van der Waals surface area contributed by atoms with E-state index in [1.807, 2.05) is 30.3 Å². The average Bonchev–Trinajstić information content (AvgIpc) is 3.20. The van der Waals surface area contributed by atoms with Crippen LogP contribution >= 0.6 is 34.5 Å². The summed E-state index contributed by atoms with van der Waals surface area (Å²) in [4.78, 5) is 3.31. The third-order valence-electron chi connectivity index (χ3n) is 5.12. The molecule has 0 saturated heterocycles. The van der Waals surface area contributed by atoms with Crippen molar-refractivity contribution in [2.24, 2.45) is 0 Å². The van der Waals surface area contributed by atoms with Crippen LogP contribution in [0.1, 0.15) is 22.7 Å². The highest BCUT2D eigenvalue weighted by Crippen LogP contribution is 2.32. The quantitative estimate of drug-likeness (QED) is 0.360. The number of aromatic nitrogens is 1. The number of methoxy groups -OCH3 is 1. The molecule has 4 rings (SSSR count). The molecule has 0 amide bonds. The van der Waals surface area contributed by atoms with E-state index in [-0.39, 0.29) is 5.92 Å². The van der Waals surface area contributed by atoms with Gasteiger partial charge in [-0.05, 0) is 52.9 Å². The van der Waals surface area contributed by atoms with Crippen molar-refractivity contribution in [2.75, 3.05) is 12.8 Å². The maximum atomic E-state index is 6.17. The normalized spacial score (nSPS) is 12.0. The van der Waals surface area contributed by atoms with Crippen molar-refractivity contribution in [3.05, 3.63) is 99.0 Å². The topological polar surface area (TPSA) is 49.4 Å². The number of nitrogen functional groups attached to an aromatic ring is 1. The molecule has 1 aromatic heterocycles. The van der Waals surface area contributed by atoms with E-state index in [4.69, 9.17) is 33.7 Å². The van der Waals surface area contributed by atoms with Crippen molar-refractivity contribution in [2.45, 2.75) is 12.3 Å². The van der Waals surface area contributed by atoms with Crippen LogP contribution in [-0.2, 0) is 6.42 Å². The highest BCUT2D eigenvalue weighted by molar-refractivity contribution is 7.13. The number of anilines is 1. The number of halogens is 2. The first-order valence-electron chi connectivity index (χ1n) is 9.48. The second-order valence-corrected chi connectivity index (χ2v) is 8.76. The zero-order valence-electron chi connectivity index (χ0n) is 16.4. The van der Waals surface area contributed by atoms with E-state index in [2.05, 4.69) is 46.8 Å². The number of benzene rings is 3. The van der Waals surface area contributed by atoms with Crippen LogP contribution in [-0.4, -0.2) is 7.11 Å². The van der Waals surface area contributed by atoms with Crippen LogP contribution in [0.15, 0.2) is 72.1 Å². The van der Waals surface area contributed by atoms with Crippen molar-refractivity contribution in [3.63, 3.8) is 0 Å². The first kappa shape index (κ1) is 20.7. The van der Waals surface area contributed by atoms with Crippen LogP contribution in [0.5, 0.6) is 5.75 Å². The Kier molecular flexibility index (Phi) is 6.28. The number of nitrogens with one attached hydrogen (secondary N) is 1. The van der Waals surface area contributed by atoms with Crippen LogP contribution in [0.4, 0.5) is 5.13 Å². The smallest absolute Gasteiger partial charge is 0.329 e. The van der Waals surface area contributed by atoms with Gasteiger partial charge in [0.1, 0.15) is 11.4 Å². The minimum atomic E-state index is 0.167. The molecule has 0 fully saturated rings. The predicted molar refractivity (Wildman–Crippen MR) is 126 cm³/mol. The minimum Gasteiger partial charge on any atom is -0.497 e. The Balaban J connectivity index is 1.61. The molecule has 152 valence electrons. The third kappa shape index (κ3) is 4.62. The molecule has 1 heterocycles. The molecule has 30 heavy (non-hydrogen) atoms. The summed E-state index contributed by atoms with van der Waals surface area (Å²) < 4.78 is 5.30. The summed E-state index contributed by atoms with van der Waals surface area (Å²) in [7, 11) is 1.68. The van der Waals surface area contributed by atoms with Gasteiger partial charge in [0.05, 0.1) is 23.1 Å². The number of H-pyrrole nitrogens is 1. The molecule has 0 unspecified atom stereocenters. The Morgan fingerprint density at radius 1 is 0.933 bits per heavy atom. The second kappa shape index (κ2) is 9.09. The first-order valence-corrected chi connectivity index (χ1v) is 11.1. The van der Waals surface area contributed by atoms with Crippen LogP contribution in [0.3, 0.4) is 0 Å². The summed E-state index contributed by atoms with van der Waals surface area (Å²) in [5.74, 6) is 1.01. The standard InChI is InChI=1S/C24H20Cl2N2OS/c1-29-19-9-6-17(7-10-19)20(23-14-30-24(27)28-23)12-15-2-4-16(5-3-15)18-8-11-21(25)22(26)13-18/h2-11,13-14,20H,12H2,1H3,(H2,27,28)/p+1/t20-/m0/s1. The van der Waals surface area contributed by atoms with Gasteiger partial charge in [-0.25, -0.2) is 4.98 Å². The predicted octanol–water partition coefficient (Wildman–Crippen LogP) is 6.50. The minimum absolute atomic E-state index is 0.167. The van der Waals surface area contributed by atoms with E-state index < -0.39 is 0 Å². The van der Waals surface area contributed by atoms with Crippen LogP contribution in [0.25, 0.3) is 11.1 Å². The van der Waals surface area contributed by atoms with Crippen LogP contribution in [0, 0.1) is 0 Å². The first-order chi connectivity index (χ1) is 14.5. The summed E-state index contributed by atoms with van der Waals surface area (Å²) in [5, 5.41) is 3.92. The lowest BCUT2D eigenvalue weighted by Gasteiger charge is -2.15. The molecule has 0 saturated carbocycles. The van der Waals surface area contributed by atoms with Gasteiger partial charge in [-0.2, -0.15) is 0 Å². The number of nitrogens with two attached hydrogens (primary N) is 1. The highest BCUT2D eigenvalue weighted by atomic mass is 35.5. The third-order valence-corrected chi connectivity index (χ3v) is 6.59. The fraction of sp³-hybridized carbons (Fsp3) is 0.125. The largest absolute Gasteiger partial charge is 0.497 e. The Morgan fingerprint density at radius 3 is 2.23 bits per heavy atom. The lowest BCUT2D eigenvalue weighted by atomic mass is 9.89. The fourth-order valence-corrected chi connectivity index (χ4v) is 4.44. The van der Waals surface area contributed by atoms with Crippen molar-refractivity contribution in [1.82, 2.24) is 0 Å². The average molecular weight is 456 g/mol. The Labute approximate surface area is 190 Å². The van der Waals surface area contributed by atoms with Gasteiger partial charge in [-0.1, -0.05) is 77.0 Å². The lowest BCUT2D eigenvalue weighted by Crippen LogP contribution is -2.17. The van der Waals surface area contributed by atoms with E-state index in [1.165, 1.54) is 22.5 Å². The molecule has 0 aliphatic heterocycles. The molecule has 0 bridgehead atoms. The fourth-order valence-electron chi connectivity index (χ4n) is 3.49. The van der Waals surface area contributed by atoms with Crippen LogP contribution in [0.2, 0.25) is 10.0 Å². The number of thiazole rings is 1. The van der Waals surface area contributed by atoms with Crippen LogP contribution < -0.4 is 15.5 Å². The summed E-state index contributed by atoms with van der Waals surface area (Å²) in [6.07, 6.45) is 0.848. The maximum Gasteiger partial charge on any atom is 0.329 e. The summed E-state index contributed by atoms with van der Waals surface area (Å²) >= 11 is 13.7. The molecule has 3 aromatic carbocycles. The van der Waals surface area contributed by atoms with E-state index in [9.17, 15) is 0 Å². The zero-order chi connectivity index (χ0) is 21.1. The van der Waals surface area contributed by atoms with Gasteiger partial charge in [0.15, 0.2) is 0 Å². The van der Waals surface area contributed by atoms with Crippen molar-refractivity contribution in [3.8, 4) is 16.9 Å². The van der Waals surface area contributed by atoms with E-state index >= 15 is 0 Å². The van der Waals surface area contributed by atoms with E-state index in [1.54, 1.807) is 7.11 Å². The van der Waals surface area contributed by atoms with Gasteiger partial charge in [0, 0.05) is 5.38 Å². The summed E-state index contributed by atoms with van der Waals surface area (Å²) in [6, 6.07) is 22.4. The number of aromatic amines is 1. The number of rotatable bonds is 6. The summed E-state index contributed by atoms with van der Waals surface area (Å²) in [6.45, 7) is 0. The molecule has 3 nitrogen and oxygen atoms in total. The Bertz CT molecular complexity index is 1140. The Hall–Kier alpha value is -2.53. The molecule has 6 heteroatoms. The van der Waals surface area contributed by atoms with E-state index in [0.29, 0.717) is 15.2 Å². The molecule has 0 aliphatic carbocycles. The monoisotopic (exact) mass is 455 g/mol. The molecular formula is C24H21Cl2N2OS+. The van der Waals surface area contributed by atoms with Crippen molar-refractivity contribution >= 4 is 39.7 Å². The second-order valence-electron chi connectivity index (χ2n) is 7.04. The highest BCUT2D eigenvalue weighted by Gasteiger charge is 2.20. The van der Waals surface area contributed by atoms with Crippen molar-refractivity contribution in [1.29, 1.82) is 0 Å². The van der Waals surface area contributed by atoms with Gasteiger partial charge in [-0.3, -0.25) is 5.73 Å². The molecule has 1 atom stereocenters. The molecule has 0 aliphatic rings. The molecular weight excluding hydrogens is 435 g/mol. The molecule has 0 radical (unpaired) electrons. The van der Waals surface area contributed by atoms with Gasteiger partial charge in [0.2, 0.25) is 0 Å².